The van der Waals surface area contributed by atoms with Crippen molar-refractivity contribution in [1.29, 1.82) is 0 Å². The van der Waals surface area contributed by atoms with Crippen molar-refractivity contribution in [1.82, 2.24) is 10.6 Å². The van der Waals surface area contributed by atoms with Crippen molar-refractivity contribution < 1.29 is 4.79 Å². The molecule has 0 aromatic heterocycles. The Hall–Kier alpha value is -1.07. The van der Waals surface area contributed by atoms with Gasteiger partial charge in [-0.2, -0.15) is 0 Å². The number of halogens is 1. The van der Waals surface area contributed by atoms with Gasteiger partial charge in [-0.1, -0.05) is 22.0 Å². The molecule has 1 amide bonds. The van der Waals surface area contributed by atoms with Crippen LogP contribution in [0.3, 0.4) is 0 Å². The summed E-state index contributed by atoms with van der Waals surface area (Å²) in [6, 6.07) is 6.08. The fourth-order valence-electron chi connectivity index (χ4n) is 2.18. The third-order valence-electron chi connectivity index (χ3n) is 3.22. The van der Waals surface area contributed by atoms with Crippen LogP contribution in [0.5, 0.6) is 0 Å². The molecular formula is C13H18BrN3O. The summed E-state index contributed by atoms with van der Waals surface area (Å²) in [6.07, 6.45) is 0. The summed E-state index contributed by atoms with van der Waals surface area (Å²) in [5, 5.41) is 5.99. The summed E-state index contributed by atoms with van der Waals surface area (Å²) in [7, 11) is 1.87. The average Bonchev–Trinajstić information content (AvgIpc) is 2.35. The van der Waals surface area contributed by atoms with E-state index in [0.717, 1.165) is 16.7 Å². The highest BCUT2D eigenvalue weighted by atomic mass is 79.9. The second-order valence-electron chi connectivity index (χ2n) is 4.49. The van der Waals surface area contributed by atoms with E-state index in [2.05, 4.69) is 56.6 Å². The van der Waals surface area contributed by atoms with Gasteiger partial charge in [-0.05, 0) is 31.7 Å². The number of rotatable bonds is 3. The van der Waals surface area contributed by atoms with Crippen LogP contribution in [0, 0.1) is 6.92 Å². The van der Waals surface area contributed by atoms with E-state index < -0.39 is 0 Å². The molecule has 0 spiro atoms. The molecule has 1 heterocycles. The van der Waals surface area contributed by atoms with Crippen LogP contribution in [0.1, 0.15) is 5.56 Å². The van der Waals surface area contributed by atoms with Crippen LogP contribution in [0.4, 0.5) is 5.69 Å². The van der Waals surface area contributed by atoms with Gasteiger partial charge in [0.1, 0.15) is 6.04 Å². The van der Waals surface area contributed by atoms with Crippen LogP contribution in [0.25, 0.3) is 0 Å². The Kier molecular flexibility index (Phi) is 4.24. The van der Waals surface area contributed by atoms with Gasteiger partial charge in [-0.15, -0.1) is 0 Å². The van der Waals surface area contributed by atoms with E-state index in [1.54, 1.807) is 0 Å². The Morgan fingerprint density at radius 1 is 1.56 bits per heavy atom. The van der Waals surface area contributed by atoms with Gasteiger partial charge >= 0.3 is 0 Å². The van der Waals surface area contributed by atoms with Crippen molar-refractivity contribution >= 4 is 27.5 Å². The summed E-state index contributed by atoms with van der Waals surface area (Å²) < 4.78 is 1.08. The molecule has 5 heteroatoms. The normalized spacial score (nSPS) is 19.8. The predicted octanol–water partition coefficient (Wildman–Crippen LogP) is 1.28. The topological polar surface area (TPSA) is 44.4 Å². The molecule has 1 aromatic carbocycles. The molecule has 2 rings (SSSR count). The number of anilines is 1. The average molecular weight is 312 g/mol. The van der Waals surface area contributed by atoms with Gasteiger partial charge in [0, 0.05) is 29.8 Å². The molecule has 0 aliphatic carbocycles. The number of carbonyl (C=O) groups excluding carboxylic acids is 1. The van der Waals surface area contributed by atoms with E-state index in [4.69, 9.17) is 0 Å². The lowest BCUT2D eigenvalue weighted by Crippen LogP contribution is -2.58. The maximum absolute atomic E-state index is 11.9. The largest absolute Gasteiger partial charge is 0.357 e. The lowest BCUT2D eigenvalue weighted by atomic mass is 10.1. The van der Waals surface area contributed by atoms with Crippen molar-refractivity contribution in [3.63, 3.8) is 0 Å². The van der Waals surface area contributed by atoms with Gasteiger partial charge in [0.2, 0.25) is 5.91 Å². The van der Waals surface area contributed by atoms with Crippen molar-refractivity contribution in [2.75, 3.05) is 31.6 Å². The maximum Gasteiger partial charge on any atom is 0.244 e. The first-order valence-electron chi connectivity index (χ1n) is 6.08. The summed E-state index contributed by atoms with van der Waals surface area (Å²) in [4.78, 5) is 14.1. The van der Waals surface area contributed by atoms with Gasteiger partial charge in [0.25, 0.3) is 0 Å². The van der Waals surface area contributed by atoms with E-state index in [0.29, 0.717) is 13.1 Å². The quantitative estimate of drug-likeness (QED) is 0.884. The van der Waals surface area contributed by atoms with Crippen LogP contribution in [0.2, 0.25) is 0 Å². The van der Waals surface area contributed by atoms with Crippen LogP contribution in [-0.4, -0.2) is 38.6 Å². The van der Waals surface area contributed by atoms with Crippen LogP contribution in [-0.2, 0) is 4.79 Å². The molecule has 0 radical (unpaired) electrons. The number of benzene rings is 1. The number of hydrogen-bond donors (Lipinski definition) is 2. The lowest BCUT2D eigenvalue weighted by molar-refractivity contribution is -0.123. The summed E-state index contributed by atoms with van der Waals surface area (Å²) in [6.45, 7) is 4.25. The molecule has 0 bridgehead atoms. The number of nitrogens with zero attached hydrogens (tertiary/aromatic N) is 1. The molecule has 1 unspecified atom stereocenters. The maximum atomic E-state index is 11.9. The zero-order valence-electron chi connectivity index (χ0n) is 10.7. The van der Waals surface area contributed by atoms with Gasteiger partial charge in [-0.3, -0.25) is 4.79 Å². The number of likely N-dealkylation sites (N-methyl/N-ethyl adjacent to an activating group) is 1. The summed E-state index contributed by atoms with van der Waals surface area (Å²) >= 11 is 3.54. The first-order valence-corrected chi connectivity index (χ1v) is 6.88. The van der Waals surface area contributed by atoms with E-state index in [1.807, 2.05) is 7.05 Å². The third-order valence-corrected chi connectivity index (χ3v) is 4.07. The smallest absolute Gasteiger partial charge is 0.244 e. The number of carbonyl (C=O) groups is 1. The molecule has 1 saturated heterocycles. The Bertz CT molecular complexity index is 450. The number of aryl methyl sites for hydroxylation is 1. The minimum Gasteiger partial charge on any atom is -0.357 e. The highest BCUT2D eigenvalue weighted by Crippen LogP contribution is 2.25. The van der Waals surface area contributed by atoms with Crippen LogP contribution >= 0.6 is 15.9 Å². The molecule has 1 aliphatic heterocycles. The van der Waals surface area contributed by atoms with Crippen molar-refractivity contribution in [3.05, 3.63) is 28.2 Å². The number of hydrogen-bond acceptors (Lipinski definition) is 3. The molecule has 1 aromatic rings. The number of nitrogens with one attached hydrogen (secondary N) is 2. The summed E-state index contributed by atoms with van der Waals surface area (Å²) in [5.74, 6) is 0.0901. The first kappa shape index (κ1) is 13.4. The Morgan fingerprint density at radius 2 is 2.33 bits per heavy atom. The van der Waals surface area contributed by atoms with Crippen LogP contribution in [0.15, 0.2) is 22.7 Å². The molecular weight excluding hydrogens is 294 g/mol. The van der Waals surface area contributed by atoms with Crippen molar-refractivity contribution in [2.45, 2.75) is 13.0 Å². The third kappa shape index (κ3) is 2.67. The highest BCUT2D eigenvalue weighted by molar-refractivity contribution is 9.10. The van der Waals surface area contributed by atoms with Gasteiger partial charge in [0.05, 0.1) is 0 Å². The number of amides is 1. The minimum atomic E-state index is -0.140. The fourth-order valence-corrected chi connectivity index (χ4v) is 2.55. The SMILES string of the molecule is CNCC1C(=O)NCCN1c1ccc(C)c(Br)c1. The lowest BCUT2D eigenvalue weighted by Gasteiger charge is -2.36. The zero-order valence-corrected chi connectivity index (χ0v) is 12.3. The van der Waals surface area contributed by atoms with Crippen molar-refractivity contribution in [3.8, 4) is 0 Å². The highest BCUT2D eigenvalue weighted by Gasteiger charge is 2.29. The van der Waals surface area contributed by atoms with E-state index in [1.165, 1.54) is 5.56 Å². The first-order chi connectivity index (χ1) is 8.63. The van der Waals surface area contributed by atoms with Gasteiger partial charge in [-0.25, -0.2) is 0 Å². The molecule has 1 atom stereocenters. The molecule has 1 aliphatic rings. The second-order valence-corrected chi connectivity index (χ2v) is 5.35. The molecule has 0 saturated carbocycles. The molecule has 1 fully saturated rings. The molecule has 2 N–H and O–H groups in total. The van der Waals surface area contributed by atoms with Crippen LogP contribution < -0.4 is 15.5 Å². The Morgan fingerprint density at radius 3 is 3.00 bits per heavy atom. The standard InChI is InChI=1S/C13H18BrN3O/c1-9-3-4-10(7-11(9)14)17-6-5-16-13(18)12(17)8-15-2/h3-4,7,12,15H,5-6,8H2,1-2H3,(H,16,18). The van der Waals surface area contributed by atoms with Gasteiger partial charge in [0.15, 0.2) is 0 Å². The number of piperazine rings is 1. The Labute approximate surface area is 116 Å². The summed E-state index contributed by atoms with van der Waals surface area (Å²) in [5.41, 5.74) is 2.29. The monoisotopic (exact) mass is 311 g/mol. The fraction of sp³-hybridized carbons (Fsp3) is 0.462. The van der Waals surface area contributed by atoms with E-state index >= 15 is 0 Å². The molecule has 18 heavy (non-hydrogen) atoms. The second kappa shape index (κ2) is 5.71. The van der Waals surface area contributed by atoms with E-state index in [9.17, 15) is 4.79 Å². The molecule has 4 nitrogen and oxygen atoms in total. The Balaban J connectivity index is 2.28. The minimum absolute atomic E-state index is 0.0901. The zero-order chi connectivity index (χ0) is 13.1. The van der Waals surface area contributed by atoms with Gasteiger partial charge < -0.3 is 15.5 Å². The van der Waals surface area contributed by atoms with Crippen molar-refractivity contribution in [2.24, 2.45) is 0 Å². The molecule has 98 valence electrons. The predicted molar refractivity (Wildman–Crippen MR) is 76.9 cm³/mol. The van der Waals surface area contributed by atoms with E-state index in [-0.39, 0.29) is 11.9 Å².